The topological polar surface area (TPSA) is 111 Å². The van der Waals surface area contributed by atoms with Gasteiger partial charge in [-0.25, -0.2) is 4.39 Å². The minimum atomic E-state index is -1.05. The van der Waals surface area contributed by atoms with Gasteiger partial charge in [-0.1, -0.05) is 54.0 Å². The van der Waals surface area contributed by atoms with Gasteiger partial charge in [0.2, 0.25) is 5.13 Å². The van der Waals surface area contributed by atoms with Crippen molar-refractivity contribution in [2.75, 3.05) is 25.2 Å². The lowest BCUT2D eigenvalue weighted by Gasteiger charge is -2.23. The van der Waals surface area contributed by atoms with Crippen molar-refractivity contribution < 1.29 is 33.3 Å². The number of ether oxygens (including phenoxy) is 3. The van der Waals surface area contributed by atoms with E-state index in [0.717, 1.165) is 16.9 Å². The third-order valence-corrected chi connectivity index (χ3v) is 8.75. The molecule has 1 fully saturated rings. The van der Waals surface area contributed by atoms with Crippen LogP contribution in [0, 0.1) is 5.82 Å². The predicted molar refractivity (Wildman–Crippen MR) is 167 cm³/mol. The molecule has 3 aromatic carbocycles. The third kappa shape index (κ3) is 6.46. The van der Waals surface area contributed by atoms with Crippen LogP contribution >= 0.6 is 23.1 Å². The van der Waals surface area contributed by atoms with Gasteiger partial charge in [-0.2, -0.15) is 0 Å². The van der Waals surface area contributed by atoms with Crippen molar-refractivity contribution in [2.45, 2.75) is 23.1 Å². The number of aromatic nitrogens is 2. The number of nitrogens with zero attached hydrogens (tertiary/aromatic N) is 3. The molecule has 1 unspecified atom stereocenters. The van der Waals surface area contributed by atoms with Crippen LogP contribution in [0.3, 0.4) is 0 Å². The standard InChI is InChI=1S/C32H28FN3O6S2/c1-4-16-42-24-15-10-21(17-25(24)41-5-2)27-26(28(37)20-8-13-23(40-3)14-9-20)29(38)30(39)36(27)31-34-35-32(44-31)43-18-19-6-11-22(33)12-7-19/h4,6-15,17,27,37H,1,5,16,18H2,2-3H3/b28-26+. The fourth-order valence-corrected chi connectivity index (χ4v) is 6.39. The first kappa shape index (κ1) is 30.8. The van der Waals surface area contributed by atoms with E-state index in [-0.39, 0.29) is 28.9 Å². The molecule has 5 rings (SSSR count). The Balaban J connectivity index is 1.57. The quantitative estimate of drug-likeness (QED) is 0.0463. The minimum absolute atomic E-state index is 0.113. The van der Waals surface area contributed by atoms with Gasteiger partial charge in [0.15, 0.2) is 15.8 Å². The third-order valence-electron chi connectivity index (χ3n) is 6.63. The van der Waals surface area contributed by atoms with Crippen molar-refractivity contribution in [2.24, 2.45) is 0 Å². The number of aliphatic hydroxyl groups is 1. The smallest absolute Gasteiger partial charge is 0.301 e. The molecule has 2 heterocycles. The number of benzene rings is 3. The molecule has 0 saturated carbocycles. The fourth-order valence-electron chi connectivity index (χ4n) is 4.56. The summed E-state index contributed by atoms with van der Waals surface area (Å²) in [4.78, 5) is 28.5. The van der Waals surface area contributed by atoms with Gasteiger partial charge in [0.1, 0.15) is 23.9 Å². The number of Topliss-reactive ketones (excluding diaryl/α,β-unsaturated/α-hetero) is 1. The first-order valence-electron chi connectivity index (χ1n) is 13.5. The second-order valence-corrected chi connectivity index (χ2v) is 11.6. The predicted octanol–water partition coefficient (Wildman–Crippen LogP) is 6.57. The molecule has 1 amide bonds. The van der Waals surface area contributed by atoms with Gasteiger partial charge in [-0.05, 0) is 66.6 Å². The molecule has 0 radical (unpaired) electrons. The zero-order valence-electron chi connectivity index (χ0n) is 23.9. The van der Waals surface area contributed by atoms with Crippen molar-refractivity contribution in [1.82, 2.24) is 10.2 Å². The lowest BCUT2D eigenvalue weighted by Crippen LogP contribution is -2.29. The van der Waals surface area contributed by atoms with E-state index in [0.29, 0.717) is 45.1 Å². The zero-order chi connectivity index (χ0) is 31.2. The number of carbonyl (C=O) groups excluding carboxylic acids is 2. The molecule has 1 aliphatic rings. The molecular formula is C32H28FN3O6S2. The fraction of sp³-hybridized carbons (Fsp3) is 0.188. The minimum Gasteiger partial charge on any atom is -0.507 e. The number of rotatable bonds is 12. The van der Waals surface area contributed by atoms with E-state index < -0.39 is 17.7 Å². The van der Waals surface area contributed by atoms with Gasteiger partial charge in [-0.15, -0.1) is 10.2 Å². The first-order chi connectivity index (χ1) is 21.3. The number of aliphatic hydroxyl groups excluding tert-OH is 1. The molecule has 1 aliphatic heterocycles. The van der Waals surface area contributed by atoms with Gasteiger partial charge >= 0.3 is 5.91 Å². The summed E-state index contributed by atoms with van der Waals surface area (Å²) >= 11 is 2.50. The molecule has 0 spiro atoms. The second kappa shape index (κ2) is 13.7. The van der Waals surface area contributed by atoms with E-state index >= 15 is 0 Å². The Morgan fingerprint density at radius 2 is 1.82 bits per heavy atom. The highest BCUT2D eigenvalue weighted by molar-refractivity contribution is 8.00. The maximum Gasteiger partial charge on any atom is 0.301 e. The molecule has 1 atom stereocenters. The number of ketones is 1. The highest BCUT2D eigenvalue weighted by atomic mass is 32.2. The lowest BCUT2D eigenvalue weighted by molar-refractivity contribution is -0.132. The van der Waals surface area contributed by atoms with Crippen LogP contribution in [0.25, 0.3) is 5.76 Å². The van der Waals surface area contributed by atoms with Crippen LogP contribution in [0.2, 0.25) is 0 Å². The molecule has 1 aromatic heterocycles. The number of hydrogen-bond donors (Lipinski definition) is 1. The number of hydrogen-bond acceptors (Lipinski definition) is 10. The van der Waals surface area contributed by atoms with E-state index in [1.807, 2.05) is 6.92 Å². The Bertz CT molecular complexity index is 1710. The van der Waals surface area contributed by atoms with Crippen LogP contribution in [0.5, 0.6) is 17.2 Å². The maximum atomic E-state index is 13.6. The average Bonchev–Trinajstić information content (AvgIpc) is 3.61. The number of anilines is 1. The number of methoxy groups -OCH3 is 1. The SMILES string of the molecule is C=CCOc1ccc(C2/C(=C(\O)c3ccc(OC)cc3)C(=O)C(=O)N2c2nnc(SCc3ccc(F)cc3)s2)cc1OCC. The van der Waals surface area contributed by atoms with Crippen molar-refractivity contribution in [3.05, 3.63) is 107 Å². The van der Waals surface area contributed by atoms with Gasteiger partial charge in [-0.3, -0.25) is 14.5 Å². The van der Waals surface area contributed by atoms with E-state index in [4.69, 9.17) is 14.2 Å². The summed E-state index contributed by atoms with van der Waals surface area (Å²) < 4.78 is 30.6. The summed E-state index contributed by atoms with van der Waals surface area (Å²) in [6.07, 6.45) is 1.61. The van der Waals surface area contributed by atoms with Gasteiger partial charge in [0.05, 0.1) is 25.3 Å². The average molecular weight is 634 g/mol. The van der Waals surface area contributed by atoms with Gasteiger partial charge in [0, 0.05) is 11.3 Å². The molecule has 9 nitrogen and oxygen atoms in total. The molecule has 226 valence electrons. The maximum absolute atomic E-state index is 13.6. The Labute approximate surface area is 261 Å². The summed E-state index contributed by atoms with van der Waals surface area (Å²) in [7, 11) is 1.52. The largest absolute Gasteiger partial charge is 0.507 e. The molecule has 0 aliphatic carbocycles. The summed E-state index contributed by atoms with van der Waals surface area (Å²) in [5.74, 6) is -0.487. The Morgan fingerprint density at radius 1 is 1.07 bits per heavy atom. The molecule has 44 heavy (non-hydrogen) atoms. The molecule has 1 N–H and O–H groups in total. The van der Waals surface area contributed by atoms with Crippen molar-refractivity contribution in [1.29, 1.82) is 0 Å². The van der Waals surface area contributed by atoms with Crippen molar-refractivity contribution in [3.8, 4) is 17.2 Å². The second-order valence-electron chi connectivity index (χ2n) is 9.40. The van der Waals surface area contributed by atoms with Crippen LogP contribution in [0.15, 0.2) is 89.3 Å². The Kier molecular flexibility index (Phi) is 9.61. The van der Waals surface area contributed by atoms with Crippen LogP contribution < -0.4 is 19.1 Å². The number of amides is 1. The number of halogens is 1. The Hall–Kier alpha value is -4.68. The van der Waals surface area contributed by atoms with E-state index in [9.17, 15) is 19.1 Å². The van der Waals surface area contributed by atoms with Crippen molar-refractivity contribution >= 4 is 45.7 Å². The number of carbonyl (C=O) groups is 2. The molecule has 1 saturated heterocycles. The monoisotopic (exact) mass is 633 g/mol. The van der Waals surface area contributed by atoms with Crippen molar-refractivity contribution in [3.63, 3.8) is 0 Å². The Morgan fingerprint density at radius 3 is 2.50 bits per heavy atom. The number of thioether (sulfide) groups is 1. The van der Waals surface area contributed by atoms with E-state index in [1.165, 1.54) is 35.9 Å². The summed E-state index contributed by atoms with van der Waals surface area (Å²) in [6.45, 7) is 6.09. The normalized spacial score (nSPS) is 15.8. The zero-order valence-corrected chi connectivity index (χ0v) is 25.5. The van der Waals surface area contributed by atoms with Crippen LogP contribution in [0.1, 0.15) is 29.7 Å². The summed E-state index contributed by atoms with van der Waals surface area (Å²) in [5.41, 5.74) is 1.59. The van der Waals surface area contributed by atoms with Gasteiger partial charge < -0.3 is 19.3 Å². The van der Waals surface area contributed by atoms with Crippen LogP contribution in [-0.4, -0.2) is 47.3 Å². The molecule has 0 bridgehead atoms. The molecule has 4 aromatic rings. The summed E-state index contributed by atoms with van der Waals surface area (Å²) in [6, 6.07) is 16.6. The summed E-state index contributed by atoms with van der Waals surface area (Å²) in [5, 5.41) is 20.1. The van der Waals surface area contributed by atoms with E-state index in [2.05, 4.69) is 16.8 Å². The van der Waals surface area contributed by atoms with Crippen LogP contribution in [0.4, 0.5) is 9.52 Å². The lowest BCUT2D eigenvalue weighted by atomic mass is 9.95. The molecular weight excluding hydrogens is 605 g/mol. The highest BCUT2D eigenvalue weighted by Crippen LogP contribution is 2.45. The first-order valence-corrected chi connectivity index (χ1v) is 15.3. The van der Waals surface area contributed by atoms with E-state index in [1.54, 1.807) is 60.7 Å². The molecule has 12 heteroatoms. The van der Waals surface area contributed by atoms with Gasteiger partial charge in [0.25, 0.3) is 5.78 Å². The van der Waals surface area contributed by atoms with Crippen LogP contribution in [-0.2, 0) is 15.3 Å². The highest BCUT2D eigenvalue weighted by Gasteiger charge is 2.48.